The number of carbonyl (C=O) groups excluding carboxylic acids is 1. The summed E-state index contributed by atoms with van der Waals surface area (Å²) in [6, 6.07) is 8.69. The van der Waals surface area contributed by atoms with E-state index in [0.29, 0.717) is 6.54 Å². The van der Waals surface area contributed by atoms with Gasteiger partial charge >= 0.3 is 0 Å². The maximum atomic E-state index is 12.0. The number of hydrogen-bond donors (Lipinski definition) is 2. The van der Waals surface area contributed by atoms with Crippen molar-refractivity contribution in [3.63, 3.8) is 0 Å². The molecule has 0 aliphatic heterocycles. The zero-order chi connectivity index (χ0) is 13.8. The van der Waals surface area contributed by atoms with Crippen molar-refractivity contribution < 1.29 is 4.79 Å². The second-order valence-electron chi connectivity index (χ2n) is 4.52. The summed E-state index contributed by atoms with van der Waals surface area (Å²) >= 11 is 0. The Hall–Kier alpha value is -2.14. The van der Waals surface area contributed by atoms with Crippen LogP contribution in [0, 0.1) is 6.92 Å². The fourth-order valence-corrected chi connectivity index (χ4v) is 1.93. The summed E-state index contributed by atoms with van der Waals surface area (Å²) in [5.41, 5.74) is 8.63. The minimum absolute atomic E-state index is 0.186. The van der Waals surface area contributed by atoms with Crippen molar-refractivity contribution in [3.8, 4) is 0 Å². The number of aryl methyl sites for hydroxylation is 2. The smallest absolute Gasteiger partial charge is 0.241 e. The van der Waals surface area contributed by atoms with Crippen molar-refractivity contribution in [2.75, 3.05) is 0 Å². The highest BCUT2D eigenvalue weighted by Gasteiger charge is 2.15. The summed E-state index contributed by atoms with van der Waals surface area (Å²) in [5.74, 6) is -0.186. The van der Waals surface area contributed by atoms with Gasteiger partial charge in [0.2, 0.25) is 5.91 Å². The first-order chi connectivity index (χ1) is 9.08. The predicted molar refractivity (Wildman–Crippen MR) is 73.2 cm³/mol. The predicted octanol–water partition coefficient (Wildman–Crippen LogP) is 1.04. The normalized spacial score (nSPS) is 12.2. The van der Waals surface area contributed by atoms with E-state index in [2.05, 4.69) is 10.4 Å². The number of nitrogens with two attached hydrogens (primary N) is 1. The molecule has 0 aliphatic rings. The van der Waals surface area contributed by atoms with Gasteiger partial charge in [-0.15, -0.1) is 0 Å². The molecule has 0 fully saturated rings. The van der Waals surface area contributed by atoms with Gasteiger partial charge in [0.15, 0.2) is 0 Å². The van der Waals surface area contributed by atoms with E-state index < -0.39 is 6.04 Å². The molecule has 1 atom stereocenters. The molecule has 0 saturated heterocycles. The molecule has 0 radical (unpaired) electrons. The van der Waals surface area contributed by atoms with Gasteiger partial charge in [0.05, 0.1) is 5.69 Å². The van der Waals surface area contributed by atoms with Crippen LogP contribution >= 0.6 is 0 Å². The SMILES string of the molecule is Cc1nn(C)cc1CNC(=O)C(N)c1ccccc1. The second-order valence-corrected chi connectivity index (χ2v) is 4.52. The zero-order valence-electron chi connectivity index (χ0n) is 11.1. The molecule has 100 valence electrons. The molecule has 1 aromatic heterocycles. The average Bonchev–Trinajstić information content (AvgIpc) is 2.74. The van der Waals surface area contributed by atoms with E-state index in [1.54, 1.807) is 4.68 Å². The molecule has 3 N–H and O–H groups in total. The number of benzene rings is 1. The summed E-state index contributed by atoms with van der Waals surface area (Å²) in [5, 5.41) is 7.06. The number of amides is 1. The molecule has 19 heavy (non-hydrogen) atoms. The first-order valence-corrected chi connectivity index (χ1v) is 6.15. The Bertz CT molecular complexity index is 562. The average molecular weight is 258 g/mol. The Labute approximate surface area is 112 Å². The van der Waals surface area contributed by atoms with Crippen LogP contribution in [0.15, 0.2) is 36.5 Å². The lowest BCUT2D eigenvalue weighted by Crippen LogP contribution is -2.33. The summed E-state index contributed by atoms with van der Waals surface area (Å²) < 4.78 is 1.73. The number of carbonyl (C=O) groups is 1. The molecule has 0 aliphatic carbocycles. The Balaban J connectivity index is 1.96. The third-order valence-corrected chi connectivity index (χ3v) is 3.01. The molecule has 2 aromatic rings. The molecule has 2 rings (SSSR count). The van der Waals surface area contributed by atoms with Crippen molar-refractivity contribution in [3.05, 3.63) is 53.3 Å². The van der Waals surface area contributed by atoms with E-state index in [4.69, 9.17) is 5.73 Å². The monoisotopic (exact) mass is 258 g/mol. The van der Waals surface area contributed by atoms with E-state index in [-0.39, 0.29) is 5.91 Å². The minimum Gasteiger partial charge on any atom is -0.350 e. The third kappa shape index (κ3) is 3.20. The van der Waals surface area contributed by atoms with Crippen LogP contribution in [0.25, 0.3) is 0 Å². The fourth-order valence-electron chi connectivity index (χ4n) is 1.93. The number of nitrogens with zero attached hydrogens (tertiary/aromatic N) is 2. The molecular formula is C14H18N4O. The summed E-state index contributed by atoms with van der Waals surface area (Å²) in [6.07, 6.45) is 1.89. The Kier molecular flexibility index (Phi) is 3.97. The standard InChI is InChI=1S/C14H18N4O/c1-10-12(9-18(2)17-10)8-16-14(19)13(15)11-6-4-3-5-7-11/h3-7,9,13H,8,15H2,1-2H3,(H,16,19). The molecule has 0 saturated carbocycles. The molecular weight excluding hydrogens is 240 g/mol. The second kappa shape index (κ2) is 5.67. The van der Waals surface area contributed by atoms with Crippen molar-refractivity contribution in [2.24, 2.45) is 12.8 Å². The lowest BCUT2D eigenvalue weighted by atomic mass is 10.1. The van der Waals surface area contributed by atoms with Gasteiger partial charge in [-0.1, -0.05) is 30.3 Å². The van der Waals surface area contributed by atoms with Gasteiger partial charge < -0.3 is 11.1 Å². The van der Waals surface area contributed by atoms with Crippen molar-refractivity contribution >= 4 is 5.91 Å². The summed E-state index contributed by atoms with van der Waals surface area (Å²) in [4.78, 5) is 12.0. The first-order valence-electron chi connectivity index (χ1n) is 6.15. The summed E-state index contributed by atoms with van der Waals surface area (Å²) in [7, 11) is 1.86. The quantitative estimate of drug-likeness (QED) is 0.860. The highest BCUT2D eigenvalue weighted by Crippen LogP contribution is 2.10. The molecule has 5 heteroatoms. The molecule has 5 nitrogen and oxygen atoms in total. The Morgan fingerprint density at radius 1 is 1.42 bits per heavy atom. The molecule has 0 spiro atoms. The largest absolute Gasteiger partial charge is 0.350 e. The Morgan fingerprint density at radius 2 is 2.11 bits per heavy atom. The van der Waals surface area contributed by atoms with Gasteiger partial charge in [0.1, 0.15) is 6.04 Å². The maximum Gasteiger partial charge on any atom is 0.241 e. The zero-order valence-corrected chi connectivity index (χ0v) is 11.1. The van der Waals surface area contributed by atoms with Crippen LogP contribution in [0.1, 0.15) is 22.9 Å². The molecule has 1 heterocycles. The van der Waals surface area contributed by atoms with Gasteiger partial charge in [-0.2, -0.15) is 5.10 Å². The van der Waals surface area contributed by atoms with Crippen LogP contribution in [-0.2, 0) is 18.4 Å². The van der Waals surface area contributed by atoms with Crippen LogP contribution < -0.4 is 11.1 Å². The van der Waals surface area contributed by atoms with Gasteiger partial charge in [-0.3, -0.25) is 9.48 Å². The van der Waals surface area contributed by atoms with E-state index >= 15 is 0 Å². The number of rotatable bonds is 4. The van der Waals surface area contributed by atoms with Crippen LogP contribution in [-0.4, -0.2) is 15.7 Å². The van der Waals surface area contributed by atoms with Gasteiger partial charge in [0.25, 0.3) is 0 Å². The number of nitrogens with one attached hydrogen (secondary N) is 1. The summed E-state index contributed by atoms with van der Waals surface area (Å²) in [6.45, 7) is 2.36. The van der Waals surface area contributed by atoms with Crippen LogP contribution in [0.5, 0.6) is 0 Å². The topological polar surface area (TPSA) is 72.9 Å². The third-order valence-electron chi connectivity index (χ3n) is 3.01. The van der Waals surface area contributed by atoms with E-state index in [1.807, 2.05) is 50.5 Å². The van der Waals surface area contributed by atoms with E-state index in [1.165, 1.54) is 0 Å². The van der Waals surface area contributed by atoms with Crippen LogP contribution in [0.4, 0.5) is 0 Å². The van der Waals surface area contributed by atoms with Crippen LogP contribution in [0.2, 0.25) is 0 Å². The number of aromatic nitrogens is 2. The molecule has 1 amide bonds. The molecule has 1 unspecified atom stereocenters. The van der Waals surface area contributed by atoms with Crippen molar-refractivity contribution in [2.45, 2.75) is 19.5 Å². The van der Waals surface area contributed by atoms with Gasteiger partial charge in [-0.05, 0) is 12.5 Å². The number of hydrogen-bond acceptors (Lipinski definition) is 3. The lowest BCUT2D eigenvalue weighted by Gasteiger charge is -2.12. The highest BCUT2D eigenvalue weighted by atomic mass is 16.2. The maximum absolute atomic E-state index is 12.0. The fraction of sp³-hybridized carbons (Fsp3) is 0.286. The molecule has 1 aromatic carbocycles. The minimum atomic E-state index is -0.641. The van der Waals surface area contributed by atoms with Gasteiger partial charge in [0, 0.05) is 25.4 Å². The Morgan fingerprint density at radius 3 is 2.68 bits per heavy atom. The van der Waals surface area contributed by atoms with Crippen molar-refractivity contribution in [1.82, 2.24) is 15.1 Å². The lowest BCUT2D eigenvalue weighted by molar-refractivity contribution is -0.122. The van der Waals surface area contributed by atoms with Crippen LogP contribution in [0.3, 0.4) is 0 Å². The first kappa shape index (κ1) is 13.3. The molecule has 0 bridgehead atoms. The van der Waals surface area contributed by atoms with E-state index in [0.717, 1.165) is 16.8 Å². The van der Waals surface area contributed by atoms with E-state index in [9.17, 15) is 4.79 Å². The van der Waals surface area contributed by atoms with Crippen molar-refractivity contribution in [1.29, 1.82) is 0 Å². The highest BCUT2D eigenvalue weighted by molar-refractivity contribution is 5.82. The van der Waals surface area contributed by atoms with Gasteiger partial charge in [-0.25, -0.2) is 0 Å².